The van der Waals surface area contributed by atoms with Gasteiger partial charge in [0.1, 0.15) is 5.82 Å². The van der Waals surface area contributed by atoms with Crippen LogP contribution in [-0.2, 0) is 20.8 Å². The van der Waals surface area contributed by atoms with E-state index in [9.17, 15) is 24.2 Å². The number of amides is 1. The summed E-state index contributed by atoms with van der Waals surface area (Å²) >= 11 is 0. The molecule has 2 aromatic rings. The number of rotatable bonds is 10. The first-order chi connectivity index (χ1) is 15.0. The number of aromatic nitrogens is 2. The van der Waals surface area contributed by atoms with Crippen molar-refractivity contribution >= 4 is 17.8 Å². The van der Waals surface area contributed by atoms with Crippen LogP contribution in [0.3, 0.4) is 0 Å². The third-order valence-corrected chi connectivity index (χ3v) is 5.22. The molecule has 0 spiro atoms. The summed E-state index contributed by atoms with van der Waals surface area (Å²) in [6, 6.07) is 5.88. The number of aliphatic hydroxyl groups is 2. The Balaban J connectivity index is 2.37. The first kappa shape index (κ1) is 25.4. The van der Waals surface area contributed by atoms with Crippen molar-refractivity contribution in [2.75, 3.05) is 11.9 Å². The van der Waals surface area contributed by atoms with Gasteiger partial charge in [-0.2, -0.15) is 5.90 Å². The van der Waals surface area contributed by atoms with Gasteiger partial charge >= 0.3 is 5.97 Å². The van der Waals surface area contributed by atoms with E-state index in [1.807, 2.05) is 18.4 Å². The Morgan fingerprint density at radius 1 is 1.22 bits per heavy atom. The Morgan fingerprint density at radius 3 is 2.38 bits per heavy atom. The molecule has 10 heteroatoms. The molecule has 1 aromatic carbocycles. The molecule has 0 aliphatic rings. The summed E-state index contributed by atoms with van der Waals surface area (Å²) in [4.78, 5) is 33.7. The lowest BCUT2D eigenvalue weighted by Gasteiger charge is -2.21. The number of anilines is 1. The lowest BCUT2D eigenvalue weighted by atomic mass is 10.0. The summed E-state index contributed by atoms with van der Waals surface area (Å²) < 4.78 is 15.4. The summed E-state index contributed by atoms with van der Waals surface area (Å²) in [6.45, 7) is 5.36. The maximum atomic E-state index is 13.5. The van der Waals surface area contributed by atoms with Crippen LogP contribution in [0.4, 0.5) is 10.3 Å². The molecule has 0 saturated heterocycles. The van der Waals surface area contributed by atoms with Crippen LogP contribution >= 0.6 is 0 Å². The van der Waals surface area contributed by atoms with Gasteiger partial charge in [-0.1, -0.05) is 0 Å². The second kappa shape index (κ2) is 11.2. The molecule has 2 unspecified atom stereocenters. The quantitative estimate of drug-likeness (QED) is 0.468. The molecule has 0 fully saturated rings. The van der Waals surface area contributed by atoms with Crippen LogP contribution in [0.25, 0.3) is 11.3 Å². The van der Waals surface area contributed by atoms with E-state index in [1.54, 1.807) is 19.2 Å². The van der Waals surface area contributed by atoms with Gasteiger partial charge in [-0.05, 0) is 57.4 Å². The van der Waals surface area contributed by atoms with Crippen LogP contribution in [0.2, 0.25) is 0 Å². The number of halogens is 1. The van der Waals surface area contributed by atoms with Crippen molar-refractivity contribution in [3.8, 4) is 11.3 Å². The van der Waals surface area contributed by atoms with Gasteiger partial charge in [0.25, 0.3) is 0 Å². The molecule has 0 radical (unpaired) electrons. The smallest absolute Gasteiger partial charge is 0.368 e. The highest BCUT2D eigenvalue weighted by molar-refractivity contribution is 5.89. The third-order valence-electron chi connectivity index (χ3n) is 5.22. The predicted octanol–water partition coefficient (Wildman–Crippen LogP) is 1.39. The van der Waals surface area contributed by atoms with Gasteiger partial charge in [0.05, 0.1) is 24.3 Å². The summed E-state index contributed by atoms with van der Waals surface area (Å²) in [7, 11) is 1.63. The van der Waals surface area contributed by atoms with Gasteiger partial charge in [-0.15, -0.1) is 0 Å². The number of benzene rings is 1. The van der Waals surface area contributed by atoms with E-state index in [0.29, 0.717) is 23.6 Å². The topological polar surface area (TPSA) is 133 Å². The van der Waals surface area contributed by atoms with Crippen LogP contribution in [0.1, 0.15) is 51.8 Å². The molecule has 2 rings (SSSR count). The molecule has 0 bridgehead atoms. The number of aliphatic hydroxyl groups excluding tert-OH is 2. The fourth-order valence-corrected chi connectivity index (χ4v) is 3.52. The minimum atomic E-state index is -1.05. The van der Waals surface area contributed by atoms with Crippen molar-refractivity contribution in [1.82, 2.24) is 9.55 Å². The number of carbonyl (C=O) groups excluding carboxylic acids is 2. The lowest BCUT2D eigenvalue weighted by molar-refractivity contribution is -0.657. The van der Waals surface area contributed by atoms with E-state index in [0.717, 1.165) is 5.69 Å². The highest BCUT2D eigenvalue weighted by atomic mass is 19.1. The van der Waals surface area contributed by atoms with Crippen molar-refractivity contribution in [3.63, 3.8) is 0 Å². The van der Waals surface area contributed by atoms with Crippen LogP contribution in [0.15, 0.2) is 24.3 Å². The number of nitrogens with zero attached hydrogens (tertiary/aromatic N) is 3. The lowest BCUT2D eigenvalue weighted by Crippen LogP contribution is -2.51. The van der Waals surface area contributed by atoms with Gasteiger partial charge in [0.2, 0.25) is 11.9 Å². The largest absolute Gasteiger partial charge is 0.393 e. The maximum absolute atomic E-state index is 13.5. The highest BCUT2D eigenvalue weighted by Gasteiger charge is 2.25. The van der Waals surface area contributed by atoms with E-state index in [-0.39, 0.29) is 37.0 Å². The van der Waals surface area contributed by atoms with E-state index < -0.39 is 18.2 Å². The second-order valence-electron chi connectivity index (χ2n) is 8.06. The van der Waals surface area contributed by atoms with Crippen LogP contribution in [0, 0.1) is 5.82 Å². The van der Waals surface area contributed by atoms with E-state index >= 15 is 0 Å². The monoisotopic (exact) mass is 451 g/mol. The normalized spacial score (nSPS) is 13.2. The van der Waals surface area contributed by atoms with E-state index in [4.69, 9.17) is 0 Å². The van der Waals surface area contributed by atoms with E-state index in [1.165, 1.54) is 24.0 Å². The van der Waals surface area contributed by atoms with Gasteiger partial charge in [0.15, 0.2) is 0 Å². The van der Waals surface area contributed by atoms with E-state index in [2.05, 4.69) is 15.7 Å². The third kappa shape index (κ3) is 6.35. The second-order valence-corrected chi connectivity index (χ2v) is 8.06. The van der Waals surface area contributed by atoms with Gasteiger partial charge < -0.3 is 14.8 Å². The zero-order valence-electron chi connectivity index (χ0n) is 18.9. The molecule has 0 aliphatic carbocycles. The van der Waals surface area contributed by atoms with Crippen molar-refractivity contribution in [2.24, 2.45) is 0 Å². The summed E-state index contributed by atoms with van der Waals surface area (Å²) in [6.07, 6.45) is -1.52. The molecule has 0 saturated carbocycles. The Labute approximate surface area is 186 Å². The molecular formula is C22H32FN4O5+. The molecule has 0 aliphatic heterocycles. The van der Waals surface area contributed by atoms with Crippen LogP contribution in [0.5, 0.6) is 0 Å². The average Bonchev–Trinajstić information content (AvgIpc) is 3.11. The molecule has 9 nitrogen and oxygen atoms in total. The number of carbonyl (C=O) groups is 2. The number of hydrogen-bond acceptors (Lipinski definition) is 6. The zero-order chi connectivity index (χ0) is 24.0. The van der Waals surface area contributed by atoms with Gasteiger partial charge in [-0.25, -0.2) is 14.2 Å². The summed E-state index contributed by atoms with van der Waals surface area (Å²) in [5.41, 5.74) is 2.06. The molecular weight excluding hydrogens is 419 g/mol. The number of quaternary nitrogens is 1. The average molecular weight is 452 g/mol. The van der Waals surface area contributed by atoms with Crippen molar-refractivity contribution in [3.05, 3.63) is 35.8 Å². The number of imidazole rings is 1. The first-order valence-electron chi connectivity index (χ1n) is 10.5. The maximum Gasteiger partial charge on any atom is 0.368 e. The molecule has 1 aromatic heterocycles. The SMILES string of the molecule is CC(=O)N(C)c1nc(-c2ccc(F)cc2)c(CCC(O)CC(O)CC(=O)O[NH3+])n1C(C)C. The zero-order valence-corrected chi connectivity index (χ0v) is 18.9. The Bertz CT molecular complexity index is 929. The Morgan fingerprint density at radius 2 is 1.84 bits per heavy atom. The molecule has 2 atom stereocenters. The molecule has 1 amide bonds. The highest BCUT2D eigenvalue weighted by Crippen LogP contribution is 2.32. The summed E-state index contributed by atoms with van der Waals surface area (Å²) in [5, 5.41) is 20.4. The fourth-order valence-electron chi connectivity index (χ4n) is 3.52. The first-order valence-corrected chi connectivity index (χ1v) is 10.5. The fraction of sp³-hybridized carbons (Fsp3) is 0.500. The molecule has 5 N–H and O–H groups in total. The number of hydrogen-bond donors (Lipinski definition) is 3. The minimum absolute atomic E-state index is 0.00297. The Kier molecular flexibility index (Phi) is 8.88. The van der Waals surface area contributed by atoms with Gasteiger partial charge in [0, 0.05) is 31.3 Å². The molecule has 1 heterocycles. The van der Waals surface area contributed by atoms with Crippen LogP contribution < -0.4 is 10.8 Å². The van der Waals surface area contributed by atoms with Crippen molar-refractivity contribution < 1.29 is 34.9 Å². The van der Waals surface area contributed by atoms with Crippen LogP contribution in [-0.4, -0.2) is 50.9 Å². The van der Waals surface area contributed by atoms with Crippen molar-refractivity contribution in [2.45, 2.75) is 64.7 Å². The van der Waals surface area contributed by atoms with Crippen molar-refractivity contribution in [1.29, 1.82) is 0 Å². The summed E-state index contributed by atoms with van der Waals surface area (Å²) in [5.74, 6) is 2.25. The molecule has 176 valence electrons. The van der Waals surface area contributed by atoms with Gasteiger partial charge in [-0.3, -0.25) is 14.5 Å². The predicted molar refractivity (Wildman–Crippen MR) is 116 cm³/mol. The molecule has 32 heavy (non-hydrogen) atoms. The standard InChI is InChI=1S/C22H32FN4O5/c1-13(2)27-19(10-9-17(29)11-18(30)12-20(31)32-24)21(15-5-7-16(23)8-6-15)25-22(27)26(4)14(3)28/h5-8,13,17-18,29-30H,9-12H2,1-4,24H3/q+1. The minimum Gasteiger partial charge on any atom is -0.393 e. The Hall–Kier alpha value is -2.82.